The molecule has 0 aliphatic heterocycles. The standard InChI is InChI=1S/C15H15N3O2S2/c1-2-3-11-4-7-13(8-5-11)22(19,20)18-12-6-9-14-15(10-12)17-21-16-14/h4-10,18H,2-3H2,1H3. The normalized spacial score (nSPS) is 11.7. The van der Waals surface area contributed by atoms with Gasteiger partial charge in [0.2, 0.25) is 0 Å². The van der Waals surface area contributed by atoms with Gasteiger partial charge in [0.1, 0.15) is 11.0 Å². The van der Waals surface area contributed by atoms with Crippen molar-refractivity contribution in [1.82, 2.24) is 8.75 Å². The van der Waals surface area contributed by atoms with Gasteiger partial charge in [-0.3, -0.25) is 4.72 Å². The van der Waals surface area contributed by atoms with E-state index in [0.29, 0.717) is 11.2 Å². The van der Waals surface area contributed by atoms with Gasteiger partial charge in [-0.25, -0.2) is 8.42 Å². The van der Waals surface area contributed by atoms with E-state index >= 15 is 0 Å². The molecule has 2 aromatic carbocycles. The van der Waals surface area contributed by atoms with Gasteiger partial charge in [-0.1, -0.05) is 25.5 Å². The maximum atomic E-state index is 12.4. The minimum absolute atomic E-state index is 0.254. The van der Waals surface area contributed by atoms with E-state index in [1.54, 1.807) is 30.3 Å². The molecule has 1 N–H and O–H groups in total. The number of rotatable bonds is 5. The number of sulfonamides is 1. The molecule has 0 bridgehead atoms. The molecule has 3 rings (SSSR count). The second kappa shape index (κ2) is 6.02. The van der Waals surface area contributed by atoms with E-state index in [0.717, 1.165) is 35.6 Å². The predicted molar refractivity (Wildman–Crippen MR) is 88.7 cm³/mol. The fourth-order valence-corrected chi connectivity index (χ4v) is 3.75. The third kappa shape index (κ3) is 3.10. The van der Waals surface area contributed by atoms with Crippen LogP contribution in [0, 0.1) is 0 Å². The van der Waals surface area contributed by atoms with Gasteiger partial charge in [0.25, 0.3) is 10.0 Å². The maximum absolute atomic E-state index is 12.4. The van der Waals surface area contributed by atoms with Crippen LogP contribution in [0.4, 0.5) is 5.69 Å². The molecule has 0 radical (unpaired) electrons. The molecule has 0 fully saturated rings. The monoisotopic (exact) mass is 333 g/mol. The molecule has 0 spiro atoms. The molecule has 0 aliphatic carbocycles. The van der Waals surface area contributed by atoms with Crippen molar-refractivity contribution >= 4 is 38.5 Å². The first-order valence-electron chi connectivity index (χ1n) is 6.92. The zero-order valence-electron chi connectivity index (χ0n) is 12.0. The van der Waals surface area contributed by atoms with Gasteiger partial charge >= 0.3 is 0 Å². The molecule has 114 valence electrons. The van der Waals surface area contributed by atoms with E-state index in [4.69, 9.17) is 0 Å². The van der Waals surface area contributed by atoms with Crippen molar-refractivity contribution in [2.24, 2.45) is 0 Å². The van der Waals surface area contributed by atoms with Crippen molar-refractivity contribution < 1.29 is 8.42 Å². The Morgan fingerprint density at radius 3 is 2.50 bits per heavy atom. The van der Waals surface area contributed by atoms with Gasteiger partial charge in [0.15, 0.2) is 0 Å². The Morgan fingerprint density at radius 2 is 1.77 bits per heavy atom. The van der Waals surface area contributed by atoms with Crippen molar-refractivity contribution in [1.29, 1.82) is 0 Å². The van der Waals surface area contributed by atoms with Crippen molar-refractivity contribution in [3.05, 3.63) is 48.0 Å². The highest BCUT2D eigenvalue weighted by molar-refractivity contribution is 7.92. The number of nitrogens with zero attached hydrogens (tertiary/aromatic N) is 2. The Morgan fingerprint density at radius 1 is 1.05 bits per heavy atom. The molecule has 5 nitrogen and oxygen atoms in total. The molecule has 0 atom stereocenters. The predicted octanol–water partition coefficient (Wildman–Crippen LogP) is 3.44. The number of benzene rings is 2. The molecule has 0 unspecified atom stereocenters. The van der Waals surface area contributed by atoms with Gasteiger partial charge in [-0.15, -0.1) is 0 Å². The number of aryl methyl sites for hydroxylation is 1. The van der Waals surface area contributed by atoms with Crippen molar-refractivity contribution in [2.45, 2.75) is 24.7 Å². The fourth-order valence-electron chi connectivity index (χ4n) is 2.18. The van der Waals surface area contributed by atoms with Crippen LogP contribution < -0.4 is 4.72 Å². The number of aromatic nitrogens is 2. The van der Waals surface area contributed by atoms with Crippen LogP contribution >= 0.6 is 11.7 Å². The highest BCUT2D eigenvalue weighted by Crippen LogP contribution is 2.21. The lowest BCUT2D eigenvalue weighted by Crippen LogP contribution is -2.12. The first-order chi connectivity index (χ1) is 10.6. The Bertz CT molecular complexity index is 887. The molecule has 7 heteroatoms. The minimum Gasteiger partial charge on any atom is -0.280 e. The summed E-state index contributed by atoms with van der Waals surface area (Å²) >= 11 is 1.10. The van der Waals surface area contributed by atoms with E-state index in [-0.39, 0.29) is 4.90 Å². The molecule has 0 amide bonds. The van der Waals surface area contributed by atoms with Crippen LogP contribution in [-0.4, -0.2) is 17.2 Å². The van der Waals surface area contributed by atoms with Crippen LogP contribution in [0.2, 0.25) is 0 Å². The summed E-state index contributed by atoms with van der Waals surface area (Å²) < 4.78 is 35.6. The molecule has 3 aromatic rings. The van der Waals surface area contributed by atoms with E-state index in [2.05, 4.69) is 20.4 Å². The quantitative estimate of drug-likeness (QED) is 0.776. The third-order valence-corrected chi connectivity index (χ3v) is 5.23. The highest BCUT2D eigenvalue weighted by atomic mass is 32.2. The molecule has 22 heavy (non-hydrogen) atoms. The first kappa shape index (κ1) is 14.9. The van der Waals surface area contributed by atoms with Crippen LogP contribution in [0.3, 0.4) is 0 Å². The average molecular weight is 333 g/mol. The summed E-state index contributed by atoms with van der Waals surface area (Å²) in [4.78, 5) is 0.254. The third-order valence-electron chi connectivity index (χ3n) is 3.28. The van der Waals surface area contributed by atoms with E-state index in [1.165, 1.54) is 0 Å². The van der Waals surface area contributed by atoms with E-state index in [9.17, 15) is 8.42 Å². The largest absolute Gasteiger partial charge is 0.280 e. The lowest BCUT2D eigenvalue weighted by atomic mass is 10.1. The van der Waals surface area contributed by atoms with Crippen LogP contribution in [0.1, 0.15) is 18.9 Å². The lowest BCUT2D eigenvalue weighted by Gasteiger charge is -2.08. The summed E-state index contributed by atoms with van der Waals surface area (Å²) in [5.41, 5.74) is 3.06. The average Bonchev–Trinajstić information content (AvgIpc) is 2.95. The molecule has 0 saturated carbocycles. The molecule has 0 aliphatic rings. The molecule has 1 heterocycles. The summed E-state index contributed by atoms with van der Waals surface area (Å²) in [7, 11) is -3.59. The van der Waals surface area contributed by atoms with Crippen molar-refractivity contribution in [2.75, 3.05) is 4.72 Å². The maximum Gasteiger partial charge on any atom is 0.261 e. The summed E-state index contributed by atoms with van der Waals surface area (Å²) in [6, 6.07) is 12.1. The SMILES string of the molecule is CCCc1ccc(S(=O)(=O)Nc2ccc3nsnc3c2)cc1. The van der Waals surface area contributed by atoms with Gasteiger partial charge in [-0.2, -0.15) is 8.75 Å². The molecule has 1 aromatic heterocycles. The summed E-state index contributed by atoms with van der Waals surface area (Å²) in [6.07, 6.45) is 1.98. The number of hydrogen-bond acceptors (Lipinski definition) is 5. The molecule has 0 saturated heterocycles. The zero-order valence-corrected chi connectivity index (χ0v) is 13.6. The second-order valence-electron chi connectivity index (χ2n) is 4.97. The van der Waals surface area contributed by atoms with Crippen molar-refractivity contribution in [3.8, 4) is 0 Å². The first-order valence-corrected chi connectivity index (χ1v) is 9.14. The van der Waals surface area contributed by atoms with Crippen LogP contribution in [-0.2, 0) is 16.4 Å². The lowest BCUT2D eigenvalue weighted by molar-refractivity contribution is 0.601. The Hall–Kier alpha value is -1.99. The van der Waals surface area contributed by atoms with Crippen LogP contribution in [0.15, 0.2) is 47.4 Å². The fraction of sp³-hybridized carbons (Fsp3) is 0.200. The Kier molecular flexibility index (Phi) is 4.08. The second-order valence-corrected chi connectivity index (χ2v) is 7.18. The Balaban J connectivity index is 1.85. The van der Waals surface area contributed by atoms with Crippen LogP contribution in [0.5, 0.6) is 0 Å². The summed E-state index contributed by atoms with van der Waals surface area (Å²) in [5.74, 6) is 0. The summed E-state index contributed by atoms with van der Waals surface area (Å²) in [6.45, 7) is 2.09. The van der Waals surface area contributed by atoms with E-state index in [1.807, 2.05) is 12.1 Å². The minimum atomic E-state index is -3.59. The number of anilines is 1. The van der Waals surface area contributed by atoms with Crippen molar-refractivity contribution in [3.63, 3.8) is 0 Å². The number of nitrogens with one attached hydrogen (secondary N) is 1. The summed E-state index contributed by atoms with van der Waals surface area (Å²) in [5, 5.41) is 0. The van der Waals surface area contributed by atoms with Crippen LogP contribution in [0.25, 0.3) is 11.0 Å². The zero-order chi connectivity index (χ0) is 15.6. The number of fused-ring (bicyclic) bond motifs is 1. The Labute approximate surface area is 133 Å². The number of hydrogen-bond donors (Lipinski definition) is 1. The topological polar surface area (TPSA) is 72.0 Å². The van der Waals surface area contributed by atoms with Gasteiger partial charge in [0, 0.05) is 0 Å². The van der Waals surface area contributed by atoms with Gasteiger partial charge < -0.3 is 0 Å². The van der Waals surface area contributed by atoms with Gasteiger partial charge in [0.05, 0.1) is 22.3 Å². The highest BCUT2D eigenvalue weighted by Gasteiger charge is 2.14. The van der Waals surface area contributed by atoms with Gasteiger partial charge in [-0.05, 0) is 42.3 Å². The van der Waals surface area contributed by atoms with E-state index < -0.39 is 10.0 Å². The molecular formula is C15H15N3O2S2. The smallest absolute Gasteiger partial charge is 0.261 e. The molecular weight excluding hydrogens is 318 g/mol.